The van der Waals surface area contributed by atoms with Crippen molar-refractivity contribution in [2.45, 2.75) is 19.4 Å². The first-order valence-corrected chi connectivity index (χ1v) is 11.6. The van der Waals surface area contributed by atoms with Gasteiger partial charge in [-0.3, -0.25) is 30.2 Å². The molecule has 0 spiro atoms. The molecule has 1 heterocycles. The molecule has 0 radical (unpaired) electrons. The Morgan fingerprint density at radius 1 is 0.946 bits per heavy atom. The number of nitrogens with zero attached hydrogens (tertiary/aromatic N) is 1. The van der Waals surface area contributed by atoms with Crippen LogP contribution in [-0.2, 0) is 14.3 Å². The number of carbonyl (C=O) groups is 4. The van der Waals surface area contributed by atoms with Crippen molar-refractivity contribution in [3.05, 3.63) is 90.3 Å². The van der Waals surface area contributed by atoms with Crippen LogP contribution in [0.15, 0.2) is 79.1 Å². The second-order valence-electron chi connectivity index (χ2n) is 7.75. The van der Waals surface area contributed by atoms with E-state index in [2.05, 4.69) is 31.8 Å². The van der Waals surface area contributed by atoms with Crippen molar-refractivity contribution in [2.24, 2.45) is 0 Å². The molecule has 2 aromatic carbocycles. The highest BCUT2D eigenvalue weighted by Crippen LogP contribution is 2.16. The van der Waals surface area contributed by atoms with Crippen LogP contribution in [0.5, 0.6) is 0 Å². The molecule has 1 unspecified atom stereocenters. The van der Waals surface area contributed by atoms with Crippen molar-refractivity contribution in [2.75, 3.05) is 23.9 Å². The maximum atomic E-state index is 12.6. The zero-order chi connectivity index (χ0) is 26.5. The van der Waals surface area contributed by atoms with Gasteiger partial charge in [0.25, 0.3) is 5.91 Å². The molecule has 0 bridgehead atoms. The molecule has 11 heteroatoms. The molecule has 0 fully saturated rings. The minimum atomic E-state index is -0.660. The minimum absolute atomic E-state index is 0.0753. The van der Waals surface area contributed by atoms with Gasteiger partial charge in [0, 0.05) is 23.6 Å². The maximum Gasteiger partial charge on any atom is 0.337 e. The fourth-order valence-corrected chi connectivity index (χ4v) is 3.28. The minimum Gasteiger partial charge on any atom is -0.466 e. The fraction of sp³-hybridized carbons (Fsp3) is 0.192. The number of benzene rings is 2. The summed E-state index contributed by atoms with van der Waals surface area (Å²) in [4.78, 5) is 53.3. The van der Waals surface area contributed by atoms with Crippen LogP contribution in [0.25, 0.3) is 0 Å². The summed E-state index contributed by atoms with van der Waals surface area (Å²) in [7, 11) is 0. The summed E-state index contributed by atoms with van der Waals surface area (Å²) in [5, 5.41) is 7.89. The molecule has 0 saturated heterocycles. The standard InChI is InChI=1S/C26H28N6O5/c1-2-37-24(34)15-22(19-9-7-13-27-16-19)30-23(33)17-28-25(35)18-8-6-12-21(14-18)29-26(36)32-31-20-10-4-3-5-11-20/h3-14,16,22,31H,2,15,17H2,1H3,(H,28,35)(H,30,33)(H2,29,32,36). The highest BCUT2D eigenvalue weighted by Gasteiger charge is 2.20. The summed E-state index contributed by atoms with van der Waals surface area (Å²) in [6, 6.07) is 17.6. The molecule has 0 aliphatic rings. The van der Waals surface area contributed by atoms with Crippen LogP contribution >= 0.6 is 0 Å². The summed E-state index contributed by atoms with van der Waals surface area (Å²) in [6.45, 7) is 1.60. The molecular weight excluding hydrogens is 476 g/mol. The third-order valence-corrected chi connectivity index (χ3v) is 4.98. The summed E-state index contributed by atoms with van der Waals surface area (Å²) in [6.07, 6.45) is 3.06. The number of esters is 1. The molecule has 1 atom stereocenters. The molecule has 37 heavy (non-hydrogen) atoms. The highest BCUT2D eigenvalue weighted by molar-refractivity contribution is 5.98. The number of carbonyl (C=O) groups excluding carboxylic acids is 4. The molecule has 0 saturated carbocycles. The number of urea groups is 1. The van der Waals surface area contributed by atoms with Crippen LogP contribution in [-0.4, -0.2) is 42.0 Å². The largest absolute Gasteiger partial charge is 0.466 e. The average molecular weight is 505 g/mol. The fourth-order valence-electron chi connectivity index (χ4n) is 3.28. The Hall–Kier alpha value is -4.93. The van der Waals surface area contributed by atoms with Gasteiger partial charge in [-0.15, -0.1) is 0 Å². The lowest BCUT2D eigenvalue weighted by Crippen LogP contribution is -2.39. The Kier molecular flexibility index (Phi) is 9.97. The predicted molar refractivity (Wildman–Crippen MR) is 137 cm³/mol. The number of aromatic nitrogens is 1. The van der Waals surface area contributed by atoms with Gasteiger partial charge in [0.05, 0.1) is 31.3 Å². The molecule has 3 rings (SSSR count). The summed E-state index contributed by atoms with van der Waals surface area (Å²) >= 11 is 0. The lowest BCUT2D eigenvalue weighted by molar-refractivity contribution is -0.143. The van der Waals surface area contributed by atoms with Gasteiger partial charge in [-0.05, 0) is 48.9 Å². The Bertz CT molecular complexity index is 1210. The van der Waals surface area contributed by atoms with Crippen LogP contribution in [0.3, 0.4) is 0 Å². The van der Waals surface area contributed by atoms with Gasteiger partial charge in [0.1, 0.15) is 0 Å². The number of anilines is 2. The van der Waals surface area contributed by atoms with E-state index in [-0.39, 0.29) is 25.1 Å². The third-order valence-electron chi connectivity index (χ3n) is 4.98. The van der Waals surface area contributed by atoms with Crippen LogP contribution in [0, 0.1) is 0 Å². The second-order valence-corrected chi connectivity index (χ2v) is 7.75. The number of hydrogen-bond donors (Lipinski definition) is 5. The van der Waals surface area contributed by atoms with Gasteiger partial charge in [-0.1, -0.05) is 30.3 Å². The van der Waals surface area contributed by atoms with Gasteiger partial charge in [0.15, 0.2) is 0 Å². The van der Waals surface area contributed by atoms with Gasteiger partial charge < -0.3 is 20.7 Å². The molecule has 11 nitrogen and oxygen atoms in total. The normalized spacial score (nSPS) is 10.9. The van der Waals surface area contributed by atoms with Gasteiger partial charge >= 0.3 is 12.0 Å². The topological polar surface area (TPSA) is 151 Å². The quantitative estimate of drug-likeness (QED) is 0.199. The lowest BCUT2D eigenvalue weighted by Gasteiger charge is -2.18. The van der Waals surface area contributed by atoms with E-state index in [1.54, 1.807) is 61.8 Å². The number of ether oxygens (including phenoxy) is 1. The van der Waals surface area contributed by atoms with Crippen LogP contribution in [0.2, 0.25) is 0 Å². The number of hydrazine groups is 1. The monoisotopic (exact) mass is 504 g/mol. The number of para-hydroxylation sites is 1. The highest BCUT2D eigenvalue weighted by atomic mass is 16.5. The first-order chi connectivity index (χ1) is 17.9. The Balaban J connectivity index is 1.52. The smallest absolute Gasteiger partial charge is 0.337 e. The van der Waals surface area contributed by atoms with Gasteiger partial charge in [0.2, 0.25) is 5.91 Å². The number of nitrogens with one attached hydrogen (secondary N) is 5. The molecule has 5 N–H and O–H groups in total. The van der Waals surface area contributed by atoms with E-state index in [1.165, 1.54) is 6.07 Å². The van der Waals surface area contributed by atoms with E-state index < -0.39 is 29.9 Å². The molecule has 192 valence electrons. The SMILES string of the molecule is CCOC(=O)CC(NC(=O)CNC(=O)c1cccc(NC(=O)NNc2ccccc2)c1)c1cccnc1. The Labute approximate surface area is 214 Å². The molecule has 1 aromatic heterocycles. The molecule has 0 aliphatic heterocycles. The van der Waals surface area contributed by atoms with E-state index >= 15 is 0 Å². The second kappa shape index (κ2) is 13.8. The number of amides is 4. The van der Waals surface area contributed by atoms with E-state index in [0.717, 1.165) is 0 Å². The molecule has 0 aliphatic carbocycles. The zero-order valence-corrected chi connectivity index (χ0v) is 20.2. The van der Waals surface area contributed by atoms with E-state index in [4.69, 9.17) is 4.74 Å². The Morgan fingerprint density at radius 3 is 2.46 bits per heavy atom. The van der Waals surface area contributed by atoms with Crippen molar-refractivity contribution in [1.29, 1.82) is 0 Å². The Morgan fingerprint density at radius 2 is 1.73 bits per heavy atom. The first kappa shape index (κ1) is 26.7. The van der Waals surface area contributed by atoms with E-state index in [0.29, 0.717) is 16.9 Å². The number of hydrogen-bond acceptors (Lipinski definition) is 7. The van der Waals surface area contributed by atoms with Crippen LogP contribution < -0.4 is 26.8 Å². The average Bonchev–Trinajstić information content (AvgIpc) is 2.91. The predicted octanol–water partition coefficient (Wildman–Crippen LogP) is 2.77. The van der Waals surface area contributed by atoms with Crippen molar-refractivity contribution in [3.8, 4) is 0 Å². The molecular formula is C26H28N6O5. The van der Waals surface area contributed by atoms with Crippen LogP contribution in [0.4, 0.5) is 16.2 Å². The summed E-state index contributed by atoms with van der Waals surface area (Å²) < 4.78 is 4.99. The van der Waals surface area contributed by atoms with Crippen molar-refractivity contribution >= 4 is 35.2 Å². The van der Waals surface area contributed by atoms with Gasteiger partial charge in [-0.2, -0.15) is 0 Å². The van der Waals surface area contributed by atoms with Crippen molar-refractivity contribution in [3.63, 3.8) is 0 Å². The van der Waals surface area contributed by atoms with Crippen LogP contribution in [0.1, 0.15) is 35.3 Å². The van der Waals surface area contributed by atoms with Crippen molar-refractivity contribution in [1.82, 2.24) is 21.0 Å². The maximum absolute atomic E-state index is 12.6. The lowest BCUT2D eigenvalue weighted by atomic mass is 10.1. The van der Waals surface area contributed by atoms with E-state index in [1.807, 2.05) is 18.2 Å². The molecule has 3 aromatic rings. The van der Waals surface area contributed by atoms with Crippen molar-refractivity contribution < 1.29 is 23.9 Å². The number of pyridine rings is 1. The van der Waals surface area contributed by atoms with Gasteiger partial charge in [-0.25, -0.2) is 4.79 Å². The first-order valence-electron chi connectivity index (χ1n) is 11.6. The third kappa shape index (κ3) is 8.98. The van der Waals surface area contributed by atoms with E-state index in [9.17, 15) is 19.2 Å². The molecule has 4 amide bonds. The summed E-state index contributed by atoms with van der Waals surface area (Å²) in [5.74, 6) is -1.47. The zero-order valence-electron chi connectivity index (χ0n) is 20.2. The summed E-state index contributed by atoms with van der Waals surface area (Å²) in [5.41, 5.74) is 7.23. The number of rotatable bonds is 11.